The number of anilines is 1. The number of hydrogen-bond acceptors (Lipinski definition) is 3. The van der Waals surface area contributed by atoms with E-state index in [0.717, 1.165) is 35.1 Å². The van der Waals surface area contributed by atoms with Crippen LogP contribution in [0.3, 0.4) is 0 Å². The van der Waals surface area contributed by atoms with Crippen LogP contribution in [0.2, 0.25) is 5.02 Å². The van der Waals surface area contributed by atoms with E-state index in [1.807, 2.05) is 38.2 Å². The van der Waals surface area contributed by atoms with Gasteiger partial charge < -0.3 is 15.1 Å². The van der Waals surface area contributed by atoms with E-state index in [1.54, 1.807) is 0 Å². The summed E-state index contributed by atoms with van der Waals surface area (Å²) >= 11 is 6.16. The molecule has 1 aromatic carbocycles. The number of benzene rings is 1. The number of nitrogens with zero attached hydrogens (tertiary/aromatic N) is 1. The molecule has 4 heteroatoms. The van der Waals surface area contributed by atoms with Crippen molar-refractivity contribution in [1.29, 1.82) is 0 Å². The zero-order chi connectivity index (χ0) is 15.4. The fourth-order valence-corrected chi connectivity index (χ4v) is 2.55. The predicted molar refractivity (Wildman–Crippen MR) is 89.0 cm³/mol. The van der Waals surface area contributed by atoms with Crippen LogP contribution in [-0.2, 0) is 13.0 Å². The van der Waals surface area contributed by atoms with Crippen molar-refractivity contribution in [3.63, 3.8) is 0 Å². The first kappa shape index (κ1) is 15.9. The fraction of sp³-hybridized carbons (Fsp3) is 0.412. The summed E-state index contributed by atoms with van der Waals surface area (Å²) in [4.78, 5) is 2.15. The van der Waals surface area contributed by atoms with Gasteiger partial charge in [0.15, 0.2) is 0 Å². The summed E-state index contributed by atoms with van der Waals surface area (Å²) in [5.41, 5.74) is 8.43. The van der Waals surface area contributed by atoms with Gasteiger partial charge in [-0.3, -0.25) is 0 Å². The van der Waals surface area contributed by atoms with Gasteiger partial charge in [0.1, 0.15) is 11.5 Å². The van der Waals surface area contributed by atoms with Gasteiger partial charge in [-0.25, -0.2) is 0 Å². The van der Waals surface area contributed by atoms with E-state index in [0.29, 0.717) is 6.54 Å². The van der Waals surface area contributed by atoms with E-state index in [1.165, 1.54) is 5.56 Å². The molecule has 0 saturated heterocycles. The summed E-state index contributed by atoms with van der Waals surface area (Å²) < 4.78 is 5.65. The molecule has 0 saturated carbocycles. The summed E-state index contributed by atoms with van der Waals surface area (Å²) in [6.45, 7) is 4.77. The molecule has 3 nitrogen and oxygen atoms in total. The lowest BCUT2D eigenvalue weighted by Crippen LogP contribution is -2.24. The topological polar surface area (TPSA) is 42.4 Å². The van der Waals surface area contributed by atoms with Gasteiger partial charge in [0.2, 0.25) is 0 Å². The Morgan fingerprint density at radius 2 is 2.05 bits per heavy atom. The van der Waals surface area contributed by atoms with Gasteiger partial charge in [-0.05, 0) is 49.6 Å². The Morgan fingerprint density at radius 3 is 2.67 bits per heavy atom. The maximum absolute atomic E-state index is 6.16. The minimum atomic E-state index is 0.171. The van der Waals surface area contributed by atoms with Crippen molar-refractivity contribution in [2.75, 3.05) is 11.9 Å². The van der Waals surface area contributed by atoms with Crippen molar-refractivity contribution in [3.05, 3.63) is 52.4 Å². The minimum absolute atomic E-state index is 0.171. The molecular weight excluding hydrogens is 284 g/mol. The first-order valence-electron chi connectivity index (χ1n) is 7.30. The van der Waals surface area contributed by atoms with Crippen molar-refractivity contribution in [2.45, 2.75) is 39.3 Å². The number of furan rings is 1. The normalized spacial score (nSPS) is 12.4. The standard InChI is InChI=1S/C17H23ClN2O/c1-4-15(19)9-13-6-7-14(18)10-17(13)20(3)11-16-8-5-12(2)21-16/h5-8,10,15H,4,9,11,19H2,1-3H3. The number of aryl methyl sites for hydroxylation is 1. The molecule has 0 aliphatic rings. The van der Waals surface area contributed by atoms with E-state index in [9.17, 15) is 0 Å². The molecule has 0 spiro atoms. The van der Waals surface area contributed by atoms with Gasteiger partial charge in [0.05, 0.1) is 6.54 Å². The Bertz CT molecular complexity index is 594. The predicted octanol–water partition coefficient (Wildman–Crippen LogP) is 4.16. The van der Waals surface area contributed by atoms with E-state index in [-0.39, 0.29) is 6.04 Å². The van der Waals surface area contributed by atoms with Gasteiger partial charge in [-0.2, -0.15) is 0 Å². The number of halogens is 1. The summed E-state index contributed by atoms with van der Waals surface area (Å²) in [6.07, 6.45) is 1.81. The molecule has 1 heterocycles. The molecule has 2 aromatic rings. The molecule has 0 amide bonds. The van der Waals surface area contributed by atoms with E-state index < -0.39 is 0 Å². The van der Waals surface area contributed by atoms with Crippen molar-refractivity contribution in [1.82, 2.24) is 0 Å². The summed E-state index contributed by atoms with van der Waals surface area (Å²) in [5, 5.41) is 0.737. The zero-order valence-corrected chi connectivity index (χ0v) is 13.7. The molecule has 21 heavy (non-hydrogen) atoms. The van der Waals surface area contributed by atoms with Crippen LogP contribution >= 0.6 is 11.6 Å². The van der Waals surface area contributed by atoms with Crippen LogP contribution in [0, 0.1) is 6.92 Å². The second-order valence-electron chi connectivity index (χ2n) is 5.51. The zero-order valence-electron chi connectivity index (χ0n) is 12.9. The van der Waals surface area contributed by atoms with Crippen molar-refractivity contribution in [3.8, 4) is 0 Å². The quantitative estimate of drug-likeness (QED) is 0.871. The third kappa shape index (κ3) is 4.26. The molecule has 0 radical (unpaired) electrons. The van der Waals surface area contributed by atoms with Crippen LogP contribution < -0.4 is 10.6 Å². The Hall–Kier alpha value is -1.45. The van der Waals surface area contributed by atoms with Gasteiger partial charge in [-0.15, -0.1) is 0 Å². The highest BCUT2D eigenvalue weighted by Crippen LogP contribution is 2.27. The second-order valence-corrected chi connectivity index (χ2v) is 5.95. The molecule has 114 valence electrons. The highest BCUT2D eigenvalue weighted by molar-refractivity contribution is 6.30. The number of rotatable bonds is 6. The summed E-state index contributed by atoms with van der Waals surface area (Å²) in [6, 6.07) is 10.1. The smallest absolute Gasteiger partial charge is 0.123 e. The van der Waals surface area contributed by atoms with Crippen LogP contribution in [0.5, 0.6) is 0 Å². The Labute approximate surface area is 131 Å². The van der Waals surface area contributed by atoms with E-state index in [2.05, 4.69) is 17.9 Å². The van der Waals surface area contributed by atoms with Gasteiger partial charge in [0.25, 0.3) is 0 Å². The molecular formula is C17H23ClN2O. The van der Waals surface area contributed by atoms with Crippen molar-refractivity contribution < 1.29 is 4.42 Å². The van der Waals surface area contributed by atoms with Crippen molar-refractivity contribution >= 4 is 17.3 Å². The molecule has 0 aliphatic heterocycles. The first-order chi connectivity index (χ1) is 9.99. The van der Waals surface area contributed by atoms with Gasteiger partial charge in [0, 0.05) is 23.8 Å². The van der Waals surface area contributed by atoms with Crippen LogP contribution in [0.1, 0.15) is 30.4 Å². The van der Waals surface area contributed by atoms with Crippen LogP contribution in [0.4, 0.5) is 5.69 Å². The lowest BCUT2D eigenvalue weighted by Gasteiger charge is -2.23. The van der Waals surface area contributed by atoms with Gasteiger partial charge in [-0.1, -0.05) is 24.6 Å². The van der Waals surface area contributed by atoms with E-state index in [4.69, 9.17) is 21.8 Å². The SMILES string of the molecule is CCC(N)Cc1ccc(Cl)cc1N(C)Cc1ccc(C)o1. The van der Waals surface area contributed by atoms with Crippen LogP contribution in [-0.4, -0.2) is 13.1 Å². The number of hydrogen-bond donors (Lipinski definition) is 1. The molecule has 1 aromatic heterocycles. The molecule has 2 rings (SSSR count). The largest absolute Gasteiger partial charge is 0.464 e. The third-order valence-corrected chi connectivity index (χ3v) is 3.89. The minimum Gasteiger partial charge on any atom is -0.464 e. The maximum Gasteiger partial charge on any atom is 0.123 e. The van der Waals surface area contributed by atoms with E-state index >= 15 is 0 Å². The third-order valence-electron chi connectivity index (χ3n) is 3.65. The number of nitrogens with two attached hydrogens (primary N) is 1. The Balaban J connectivity index is 2.21. The molecule has 0 bridgehead atoms. The van der Waals surface area contributed by atoms with Gasteiger partial charge >= 0.3 is 0 Å². The average molecular weight is 307 g/mol. The molecule has 1 unspecified atom stereocenters. The van der Waals surface area contributed by atoms with Crippen LogP contribution in [0.25, 0.3) is 0 Å². The lowest BCUT2D eigenvalue weighted by atomic mass is 10.0. The molecule has 0 fully saturated rings. The first-order valence-corrected chi connectivity index (χ1v) is 7.68. The molecule has 1 atom stereocenters. The highest BCUT2D eigenvalue weighted by Gasteiger charge is 2.12. The molecule has 0 aliphatic carbocycles. The Morgan fingerprint density at radius 1 is 1.29 bits per heavy atom. The fourth-order valence-electron chi connectivity index (χ4n) is 2.38. The second kappa shape index (κ2) is 7.01. The van der Waals surface area contributed by atoms with Crippen molar-refractivity contribution in [2.24, 2.45) is 5.73 Å². The summed E-state index contributed by atoms with van der Waals surface area (Å²) in [7, 11) is 2.05. The highest BCUT2D eigenvalue weighted by atomic mass is 35.5. The lowest BCUT2D eigenvalue weighted by molar-refractivity contribution is 0.481. The maximum atomic E-state index is 6.16. The summed E-state index contributed by atoms with van der Waals surface area (Å²) in [5.74, 6) is 1.87. The molecule has 2 N–H and O–H groups in total. The average Bonchev–Trinajstić information content (AvgIpc) is 2.85. The Kier molecular flexibility index (Phi) is 5.32. The monoisotopic (exact) mass is 306 g/mol. The van der Waals surface area contributed by atoms with Crippen LogP contribution in [0.15, 0.2) is 34.7 Å².